The number of carbonyl (C=O) groups excluding carboxylic acids is 2. The number of nitrogens with one attached hydrogen (secondary N) is 1. The average molecular weight is 633 g/mol. The molecule has 8 heteroatoms. The SMILES string of the molecule is [2H]C1([2H])CN(Cc2ccccc2)C(=O)c2cc(-c3ccc(OC)cc3)ccc2O1.[2H]C1([2H])CNC(=O)c2cc(-c3ccc(OC)cc3)ccc2O1. The van der Waals surface area contributed by atoms with Gasteiger partial charge in [0.15, 0.2) is 0 Å². The second kappa shape index (κ2) is 14.6. The molecule has 0 aliphatic carbocycles. The fourth-order valence-corrected chi connectivity index (χ4v) is 5.20. The van der Waals surface area contributed by atoms with E-state index in [-0.39, 0.29) is 36.4 Å². The van der Waals surface area contributed by atoms with Gasteiger partial charge in [-0.15, -0.1) is 0 Å². The van der Waals surface area contributed by atoms with Gasteiger partial charge in [-0.2, -0.15) is 0 Å². The molecule has 8 nitrogen and oxygen atoms in total. The quantitative estimate of drug-likeness (QED) is 0.220. The van der Waals surface area contributed by atoms with E-state index in [1.54, 1.807) is 44.6 Å². The Bertz CT molecular complexity index is 2020. The van der Waals surface area contributed by atoms with Crippen LogP contribution in [0.2, 0.25) is 0 Å². The number of fused-ring (bicyclic) bond motifs is 2. The summed E-state index contributed by atoms with van der Waals surface area (Å²) in [6.45, 7) is -3.90. The van der Waals surface area contributed by atoms with Crippen LogP contribution in [0.4, 0.5) is 0 Å². The van der Waals surface area contributed by atoms with E-state index in [9.17, 15) is 9.59 Å². The second-order valence-corrected chi connectivity index (χ2v) is 10.7. The van der Waals surface area contributed by atoms with Crippen molar-refractivity contribution in [2.45, 2.75) is 6.54 Å². The molecule has 2 amide bonds. The third-order valence-electron chi connectivity index (χ3n) is 7.73. The summed E-state index contributed by atoms with van der Waals surface area (Å²) in [7, 11) is 3.22. The molecule has 0 radical (unpaired) electrons. The summed E-state index contributed by atoms with van der Waals surface area (Å²) in [5.41, 5.74) is 5.19. The first-order valence-corrected chi connectivity index (χ1v) is 15.0. The van der Waals surface area contributed by atoms with Crippen LogP contribution in [0.25, 0.3) is 22.3 Å². The van der Waals surface area contributed by atoms with Gasteiger partial charge in [-0.3, -0.25) is 9.59 Å². The van der Waals surface area contributed by atoms with Crippen LogP contribution in [0.15, 0.2) is 115 Å². The molecular weight excluding hydrogens is 592 g/mol. The third-order valence-corrected chi connectivity index (χ3v) is 7.73. The fraction of sp³-hybridized carbons (Fsp3) is 0.179. The lowest BCUT2D eigenvalue weighted by Crippen LogP contribution is -2.31. The van der Waals surface area contributed by atoms with E-state index < -0.39 is 13.1 Å². The molecule has 2 heterocycles. The van der Waals surface area contributed by atoms with Gasteiger partial charge in [0.2, 0.25) is 0 Å². The highest BCUT2D eigenvalue weighted by atomic mass is 16.5. The van der Waals surface area contributed by atoms with Crippen molar-refractivity contribution in [3.05, 3.63) is 132 Å². The lowest BCUT2D eigenvalue weighted by molar-refractivity contribution is 0.0742. The number of rotatable bonds is 6. The molecule has 5 aromatic carbocycles. The van der Waals surface area contributed by atoms with Gasteiger partial charge in [-0.25, -0.2) is 0 Å². The van der Waals surface area contributed by atoms with Crippen LogP contribution in [0.5, 0.6) is 23.0 Å². The molecular formula is C39H36N2O6. The van der Waals surface area contributed by atoms with Crippen LogP contribution in [0.1, 0.15) is 31.8 Å². The summed E-state index contributed by atoms with van der Waals surface area (Å²) < 4.78 is 52.9. The van der Waals surface area contributed by atoms with Gasteiger partial charge in [-0.1, -0.05) is 66.7 Å². The summed E-state index contributed by atoms with van der Waals surface area (Å²) in [4.78, 5) is 26.9. The Morgan fingerprint density at radius 3 is 1.81 bits per heavy atom. The second-order valence-electron chi connectivity index (χ2n) is 10.7. The summed E-state index contributed by atoms with van der Waals surface area (Å²) in [6.07, 6.45) is 0. The minimum Gasteiger partial charge on any atom is -0.497 e. The lowest BCUT2D eigenvalue weighted by atomic mass is 10.0. The van der Waals surface area contributed by atoms with E-state index in [2.05, 4.69) is 5.32 Å². The standard InChI is InChI=1S/C23H21NO3.C16H15NO3/c1-26-20-10-7-18(8-11-20)19-9-12-22-21(15-19)23(25)24(13-14-27-22)16-17-5-3-2-4-6-17;1-19-13-5-2-11(3-6-13)12-4-7-15-14(10-12)16(18)17-8-9-20-15/h2-12,15H,13-14,16H2,1H3;2-7,10H,8-9H2,1H3,(H,17,18)/i14D2;9D2. The highest BCUT2D eigenvalue weighted by Crippen LogP contribution is 2.31. The lowest BCUT2D eigenvalue weighted by Gasteiger charge is -2.20. The van der Waals surface area contributed by atoms with E-state index in [0.29, 0.717) is 17.7 Å². The highest BCUT2D eigenvalue weighted by Gasteiger charge is 2.24. The zero-order chi connectivity index (χ0) is 36.2. The molecule has 2 aliphatic heterocycles. The predicted molar refractivity (Wildman–Crippen MR) is 181 cm³/mol. The van der Waals surface area contributed by atoms with Crippen LogP contribution >= 0.6 is 0 Å². The minimum absolute atomic E-state index is 0.146. The average Bonchev–Trinajstić information content (AvgIpc) is 3.31. The van der Waals surface area contributed by atoms with Crippen molar-refractivity contribution < 1.29 is 34.0 Å². The Kier molecular flexibility index (Phi) is 8.19. The van der Waals surface area contributed by atoms with Crippen molar-refractivity contribution in [3.8, 4) is 45.3 Å². The predicted octanol–water partition coefficient (Wildman–Crippen LogP) is 6.88. The van der Waals surface area contributed by atoms with Gasteiger partial charge >= 0.3 is 0 Å². The summed E-state index contributed by atoms with van der Waals surface area (Å²) in [5.74, 6) is 1.43. The van der Waals surface area contributed by atoms with Crippen molar-refractivity contribution in [2.24, 2.45) is 0 Å². The molecule has 0 bridgehead atoms. The zero-order valence-corrected chi connectivity index (χ0v) is 26.0. The number of carbonyl (C=O) groups is 2. The zero-order valence-electron chi connectivity index (χ0n) is 30.0. The smallest absolute Gasteiger partial charge is 0.258 e. The van der Waals surface area contributed by atoms with Crippen molar-refractivity contribution in [2.75, 3.05) is 40.4 Å². The molecule has 0 fully saturated rings. The molecule has 2 aliphatic rings. The highest BCUT2D eigenvalue weighted by molar-refractivity contribution is 5.99. The first-order chi connectivity index (χ1) is 24.4. The first kappa shape index (κ1) is 26.5. The first-order valence-electron chi connectivity index (χ1n) is 17.0. The number of hydrogen-bond donors (Lipinski definition) is 1. The Balaban J connectivity index is 0.000000183. The molecule has 47 heavy (non-hydrogen) atoms. The number of hydrogen-bond acceptors (Lipinski definition) is 6. The maximum absolute atomic E-state index is 13.3. The monoisotopic (exact) mass is 632 g/mol. The number of methoxy groups -OCH3 is 2. The molecule has 238 valence electrons. The van der Waals surface area contributed by atoms with Crippen molar-refractivity contribution in [3.63, 3.8) is 0 Å². The summed E-state index contributed by atoms with van der Waals surface area (Å²) in [6, 6.07) is 35.0. The molecule has 0 spiro atoms. The van der Waals surface area contributed by atoms with Gasteiger partial charge < -0.3 is 29.2 Å². The topological polar surface area (TPSA) is 86.3 Å². The third kappa shape index (κ3) is 7.39. The Morgan fingerprint density at radius 1 is 0.681 bits per heavy atom. The van der Waals surface area contributed by atoms with E-state index in [4.69, 9.17) is 24.4 Å². The summed E-state index contributed by atoms with van der Waals surface area (Å²) in [5, 5.41) is 2.53. The molecule has 1 N–H and O–H groups in total. The summed E-state index contributed by atoms with van der Waals surface area (Å²) >= 11 is 0. The van der Waals surface area contributed by atoms with E-state index >= 15 is 0 Å². The van der Waals surface area contributed by atoms with Crippen LogP contribution in [-0.4, -0.2) is 57.1 Å². The molecule has 0 atom stereocenters. The number of benzene rings is 5. The molecule has 0 aromatic heterocycles. The van der Waals surface area contributed by atoms with Crippen LogP contribution in [-0.2, 0) is 6.54 Å². The normalized spacial score (nSPS) is 17.0. The number of nitrogens with zero attached hydrogens (tertiary/aromatic N) is 1. The van der Waals surface area contributed by atoms with Crippen molar-refractivity contribution >= 4 is 11.8 Å². The fourth-order valence-electron chi connectivity index (χ4n) is 5.20. The Labute approximate surface area is 280 Å². The number of ether oxygens (including phenoxy) is 4. The van der Waals surface area contributed by atoms with E-state index in [1.807, 2.05) is 84.9 Å². The van der Waals surface area contributed by atoms with Gasteiger partial charge in [0.05, 0.1) is 43.9 Å². The Hall–Kier alpha value is -5.76. The van der Waals surface area contributed by atoms with Gasteiger partial charge in [0, 0.05) is 6.54 Å². The van der Waals surface area contributed by atoms with Crippen LogP contribution in [0.3, 0.4) is 0 Å². The Morgan fingerprint density at radius 2 is 1.21 bits per heavy atom. The van der Waals surface area contributed by atoms with Crippen LogP contribution in [0, 0.1) is 0 Å². The molecule has 0 saturated carbocycles. The van der Waals surface area contributed by atoms with Crippen LogP contribution < -0.4 is 24.3 Å². The van der Waals surface area contributed by atoms with E-state index in [0.717, 1.165) is 39.3 Å². The molecule has 0 saturated heterocycles. The minimum atomic E-state index is -1.97. The van der Waals surface area contributed by atoms with Gasteiger partial charge in [0.1, 0.15) is 36.1 Å². The molecule has 0 unspecified atom stereocenters. The van der Waals surface area contributed by atoms with Gasteiger partial charge in [0.25, 0.3) is 11.8 Å². The van der Waals surface area contributed by atoms with Crippen molar-refractivity contribution in [1.29, 1.82) is 0 Å². The van der Waals surface area contributed by atoms with E-state index in [1.165, 1.54) is 4.90 Å². The van der Waals surface area contributed by atoms with Crippen molar-refractivity contribution in [1.82, 2.24) is 10.2 Å². The molecule has 7 rings (SSSR count). The molecule has 5 aromatic rings. The maximum atomic E-state index is 13.3. The number of amides is 2. The maximum Gasteiger partial charge on any atom is 0.258 e. The largest absolute Gasteiger partial charge is 0.497 e. The van der Waals surface area contributed by atoms with Gasteiger partial charge in [-0.05, 0) is 76.3 Å².